The van der Waals surface area contributed by atoms with Gasteiger partial charge in [-0.1, -0.05) is 11.3 Å². The van der Waals surface area contributed by atoms with E-state index in [0.29, 0.717) is 23.1 Å². The number of aromatic nitrogens is 1. The molecule has 0 atom stereocenters. The maximum atomic E-state index is 12.2. The Bertz CT molecular complexity index is 832. The van der Waals surface area contributed by atoms with Gasteiger partial charge in [-0.25, -0.2) is 4.98 Å². The summed E-state index contributed by atoms with van der Waals surface area (Å²) >= 11 is 0.990. The van der Waals surface area contributed by atoms with Gasteiger partial charge in [0.15, 0.2) is 5.13 Å². The highest BCUT2D eigenvalue weighted by Gasteiger charge is 2.45. The molecule has 0 saturated heterocycles. The van der Waals surface area contributed by atoms with Gasteiger partial charge in [0.1, 0.15) is 5.75 Å². The number of alkyl halides is 3. The number of nitrogens with one attached hydrogen (secondary N) is 2. The number of hydrogen-bond donors (Lipinski definition) is 3. The van der Waals surface area contributed by atoms with E-state index in [4.69, 9.17) is 5.73 Å². The van der Waals surface area contributed by atoms with Crippen molar-refractivity contribution in [3.05, 3.63) is 18.2 Å². The van der Waals surface area contributed by atoms with E-state index in [-0.39, 0.29) is 23.3 Å². The van der Waals surface area contributed by atoms with Gasteiger partial charge < -0.3 is 21.1 Å². The third-order valence-electron chi connectivity index (χ3n) is 3.49. The zero-order chi connectivity index (χ0) is 18.2. The Balaban J connectivity index is 1.61. The number of carbonyl (C=O) groups is 2. The second kappa shape index (κ2) is 6.15. The van der Waals surface area contributed by atoms with Crippen LogP contribution in [0.4, 0.5) is 18.3 Å². The minimum atomic E-state index is -4.78. The van der Waals surface area contributed by atoms with Crippen molar-refractivity contribution >= 4 is 38.5 Å². The number of anilines is 1. The Morgan fingerprint density at radius 1 is 1.36 bits per heavy atom. The lowest BCUT2D eigenvalue weighted by Gasteiger charge is -2.09. The average molecular weight is 374 g/mol. The highest BCUT2D eigenvalue weighted by atomic mass is 32.1. The maximum absolute atomic E-state index is 12.2. The molecule has 11 heteroatoms. The van der Waals surface area contributed by atoms with Crippen molar-refractivity contribution in [1.82, 2.24) is 10.3 Å². The summed E-state index contributed by atoms with van der Waals surface area (Å²) < 4.78 is 40.9. The number of ether oxygens (including phenoxy) is 1. The standard InChI is InChI=1S/C14H13F3N4O3S/c15-14(16,17)24-7-1-2-8-9(5-7)25-12(20-8)21-10(22)6-19-11(23)13(18)3-4-13/h1-2,5H,3-4,6,18H2,(H,19,23)(H,20,21,22). The van der Waals surface area contributed by atoms with Crippen LogP contribution in [0.1, 0.15) is 12.8 Å². The molecule has 4 N–H and O–H groups in total. The third kappa shape index (κ3) is 4.37. The van der Waals surface area contributed by atoms with E-state index < -0.39 is 17.8 Å². The van der Waals surface area contributed by atoms with Crippen molar-refractivity contribution in [2.24, 2.45) is 5.73 Å². The number of carbonyl (C=O) groups excluding carboxylic acids is 2. The number of thiazole rings is 1. The molecule has 1 fully saturated rings. The van der Waals surface area contributed by atoms with Gasteiger partial charge in [-0.2, -0.15) is 0 Å². The summed E-state index contributed by atoms with van der Waals surface area (Å²) in [5, 5.41) is 5.11. The van der Waals surface area contributed by atoms with Crippen molar-refractivity contribution in [3.8, 4) is 5.75 Å². The summed E-state index contributed by atoms with van der Waals surface area (Å²) in [6, 6.07) is 3.68. The molecule has 0 spiro atoms. The van der Waals surface area contributed by atoms with Crippen LogP contribution >= 0.6 is 11.3 Å². The fraction of sp³-hybridized carbons (Fsp3) is 0.357. The number of fused-ring (bicyclic) bond motifs is 1. The number of nitrogens with two attached hydrogens (primary N) is 1. The number of hydrogen-bond acceptors (Lipinski definition) is 6. The number of rotatable bonds is 5. The second-order valence-electron chi connectivity index (χ2n) is 5.58. The van der Waals surface area contributed by atoms with Gasteiger partial charge in [-0.15, -0.1) is 13.2 Å². The maximum Gasteiger partial charge on any atom is 0.573 e. The Morgan fingerprint density at radius 2 is 2.08 bits per heavy atom. The van der Waals surface area contributed by atoms with Gasteiger partial charge in [-0.05, 0) is 25.0 Å². The predicted molar refractivity (Wildman–Crippen MR) is 84.1 cm³/mol. The lowest BCUT2D eigenvalue weighted by Crippen LogP contribution is -2.45. The van der Waals surface area contributed by atoms with Crippen molar-refractivity contribution in [2.75, 3.05) is 11.9 Å². The van der Waals surface area contributed by atoms with E-state index in [0.717, 1.165) is 17.4 Å². The van der Waals surface area contributed by atoms with E-state index in [2.05, 4.69) is 20.4 Å². The molecule has 134 valence electrons. The van der Waals surface area contributed by atoms with E-state index in [1.165, 1.54) is 12.1 Å². The first kappa shape index (κ1) is 17.4. The molecule has 7 nitrogen and oxygen atoms in total. The molecule has 0 radical (unpaired) electrons. The van der Waals surface area contributed by atoms with E-state index in [9.17, 15) is 22.8 Å². The van der Waals surface area contributed by atoms with Crippen LogP contribution in [0, 0.1) is 0 Å². The molecule has 2 aromatic rings. The molecule has 0 aliphatic heterocycles. The number of halogens is 3. The second-order valence-corrected chi connectivity index (χ2v) is 6.61. The summed E-state index contributed by atoms with van der Waals surface area (Å²) in [7, 11) is 0. The molecule has 1 saturated carbocycles. The van der Waals surface area contributed by atoms with Crippen LogP contribution in [0.15, 0.2) is 18.2 Å². The fourth-order valence-electron chi connectivity index (χ4n) is 2.02. The molecule has 1 aliphatic carbocycles. The quantitative estimate of drug-likeness (QED) is 0.739. The zero-order valence-corrected chi connectivity index (χ0v) is 13.5. The molecule has 25 heavy (non-hydrogen) atoms. The van der Waals surface area contributed by atoms with Gasteiger partial charge >= 0.3 is 6.36 Å². The van der Waals surface area contributed by atoms with Crippen molar-refractivity contribution in [1.29, 1.82) is 0 Å². The number of benzene rings is 1. The Hall–Kier alpha value is -2.40. The summed E-state index contributed by atoms with van der Waals surface area (Å²) in [6.45, 7) is -0.268. The van der Waals surface area contributed by atoms with Crippen LogP contribution < -0.4 is 21.1 Å². The molecular weight excluding hydrogens is 361 g/mol. The van der Waals surface area contributed by atoms with Crippen LogP contribution in [-0.2, 0) is 9.59 Å². The zero-order valence-electron chi connectivity index (χ0n) is 12.6. The molecule has 1 aromatic heterocycles. The smallest absolute Gasteiger partial charge is 0.406 e. The largest absolute Gasteiger partial charge is 0.573 e. The fourth-order valence-corrected chi connectivity index (χ4v) is 2.93. The first-order chi connectivity index (χ1) is 11.6. The van der Waals surface area contributed by atoms with E-state index in [1.54, 1.807) is 0 Å². The van der Waals surface area contributed by atoms with Crippen LogP contribution in [0.2, 0.25) is 0 Å². The van der Waals surface area contributed by atoms with Crippen molar-refractivity contribution in [3.63, 3.8) is 0 Å². The molecule has 0 bridgehead atoms. The highest BCUT2D eigenvalue weighted by Crippen LogP contribution is 2.32. The topological polar surface area (TPSA) is 106 Å². The van der Waals surface area contributed by atoms with E-state index >= 15 is 0 Å². The van der Waals surface area contributed by atoms with E-state index in [1.807, 2.05) is 0 Å². The summed E-state index contributed by atoms with van der Waals surface area (Å²) in [5.41, 5.74) is 5.24. The molecule has 1 aromatic carbocycles. The third-order valence-corrected chi connectivity index (χ3v) is 4.42. The monoisotopic (exact) mass is 374 g/mol. The minimum absolute atomic E-state index is 0.201. The normalized spacial score (nSPS) is 15.7. The van der Waals surface area contributed by atoms with Crippen LogP contribution in [0.3, 0.4) is 0 Å². The Kier molecular flexibility index (Phi) is 4.29. The van der Waals surface area contributed by atoms with Crippen molar-refractivity contribution in [2.45, 2.75) is 24.7 Å². The molecule has 2 amide bonds. The van der Waals surface area contributed by atoms with Gasteiger partial charge in [0.25, 0.3) is 0 Å². The van der Waals surface area contributed by atoms with Gasteiger partial charge in [0.2, 0.25) is 11.8 Å². The average Bonchev–Trinajstić information content (AvgIpc) is 3.12. The van der Waals surface area contributed by atoms with Crippen LogP contribution in [0.5, 0.6) is 5.75 Å². The first-order valence-corrected chi connectivity index (χ1v) is 8.00. The Morgan fingerprint density at radius 3 is 2.72 bits per heavy atom. The summed E-state index contributed by atoms with van der Waals surface area (Å²) in [6.07, 6.45) is -3.61. The van der Waals surface area contributed by atoms with Gasteiger partial charge in [-0.3, -0.25) is 9.59 Å². The van der Waals surface area contributed by atoms with Crippen molar-refractivity contribution < 1.29 is 27.5 Å². The summed E-state index contributed by atoms with van der Waals surface area (Å²) in [4.78, 5) is 27.6. The lowest BCUT2D eigenvalue weighted by molar-refractivity contribution is -0.274. The minimum Gasteiger partial charge on any atom is -0.406 e. The Labute approximate surface area is 143 Å². The SMILES string of the molecule is NC1(C(=O)NCC(=O)Nc2nc3ccc(OC(F)(F)F)cc3s2)CC1. The first-order valence-electron chi connectivity index (χ1n) is 7.18. The van der Waals surface area contributed by atoms with Crippen LogP contribution in [-0.4, -0.2) is 35.2 Å². The predicted octanol–water partition coefficient (Wildman–Crippen LogP) is 1.74. The van der Waals surface area contributed by atoms with Gasteiger partial charge in [0, 0.05) is 6.07 Å². The van der Waals surface area contributed by atoms with Gasteiger partial charge in [0.05, 0.1) is 22.3 Å². The summed E-state index contributed by atoms with van der Waals surface area (Å²) in [5.74, 6) is -1.27. The number of amides is 2. The molecule has 1 heterocycles. The lowest BCUT2D eigenvalue weighted by atomic mass is 10.3. The molecule has 0 unspecified atom stereocenters. The molecule has 1 aliphatic rings. The highest BCUT2D eigenvalue weighted by molar-refractivity contribution is 7.22. The molecule has 3 rings (SSSR count). The number of nitrogens with zero attached hydrogens (tertiary/aromatic N) is 1. The molecular formula is C14H13F3N4O3S. The van der Waals surface area contributed by atoms with Crippen LogP contribution in [0.25, 0.3) is 10.2 Å².